The van der Waals surface area contributed by atoms with Crippen molar-refractivity contribution < 1.29 is 13.2 Å². The van der Waals surface area contributed by atoms with Gasteiger partial charge in [0, 0.05) is 74.9 Å². The summed E-state index contributed by atoms with van der Waals surface area (Å²) >= 11 is 3.56. The molecule has 0 amide bonds. The van der Waals surface area contributed by atoms with Crippen molar-refractivity contribution in [1.82, 2.24) is 35.0 Å². The average Bonchev–Trinajstić information content (AvgIpc) is 3.55. The average molecular weight is 763 g/mol. The Morgan fingerprint density at radius 2 is 1.76 bits per heavy atom. The fourth-order valence-corrected chi connectivity index (χ4v) is 7.74. The van der Waals surface area contributed by atoms with Crippen molar-refractivity contribution in [2.75, 3.05) is 66.4 Å². The highest BCUT2D eigenvalue weighted by atomic mass is 79.9. The Balaban J connectivity index is 1.22. The van der Waals surface area contributed by atoms with E-state index in [0.29, 0.717) is 55.5 Å². The third-order valence-corrected chi connectivity index (χ3v) is 11.6. The number of hydrogen-bond acceptors (Lipinski definition) is 12. The molecule has 5 aromatic rings. The van der Waals surface area contributed by atoms with Crippen molar-refractivity contribution in [3.05, 3.63) is 59.7 Å². The summed E-state index contributed by atoms with van der Waals surface area (Å²) in [6, 6.07) is 7.69. The molecule has 0 aliphatic carbocycles. The first-order valence-corrected chi connectivity index (χ1v) is 19.1. The molecule has 262 valence electrons. The zero-order valence-corrected chi connectivity index (χ0v) is 30.8. The van der Waals surface area contributed by atoms with Crippen LogP contribution >= 0.6 is 15.9 Å². The number of nitrogens with zero attached hydrogens (tertiary/aromatic N) is 8. The number of methoxy groups -OCH3 is 1. The minimum atomic E-state index is -3.63. The van der Waals surface area contributed by atoms with E-state index in [9.17, 15) is 8.42 Å². The quantitative estimate of drug-likeness (QED) is 0.175. The van der Waals surface area contributed by atoms with Crippen molar-refractivity contribution in [2.45, 2.75) is 25.7 Å². The lowest BCUT2D eigenvalue weighted by molar-refractivity contribution is 0.155. The van der Waals surface area contributed by atoms with Crippen molar-refractivity contribution in [3.8, 4) is 16.9 Å². The number of hydrogen-bond donors (Lipinski definition) is 3. The van der Waals surface area contributed by atoms with Gasteiger partial charge in [-0.05, 0) is 78.3 Å². The van der Waals surface area contributed by atoms with E-state index in [-0.39, 0.29) is 0 Å². The maximum absolute atomic E-state index is 12.7. The predicted octanol–water partition coefficient (Wildman–Crippen LogP) is 5.44. The number of aryl methyl sites for hydroxylation is 1. The van der Waals surface area contributed by atoms with Crippen molar-refractivity contribution in [3.63, 3.8) is 0 Å². The molecular weight excluding hydrogens is 722 g/mol. The Labute approximate surface area is 299 Å². The van der Waals surface area contributed by atoms with Gasteiger partial charge in [0.25, 0.3) is 0 Å². The first-order valence-electron chi connectivity index (χ1n) is 16.4. The Hall–Kier alpha value is -4.54. The number of anilines is 6. The second kappa shape index (κ2) is 13.6. The van der Waals surface area contributed by atoms with Crippen LogP contribution in [-0.2, 0) is 17.1 Å². The molecule has 7 rings (SSSR count). The number of piperidine rings is 2. The molecule has 0 atom stereocenters. The zero-order valence-electron chi connectivity index (χ0n) is 28.4. The zero-order chi connectivity index (χ0) is 35.0. The number of aromatic nitrogens is 6. The standard InChI is InChI=1S/C34H40BrN11O3S/c1-44-21-22(19-40-44)23-17-27(29(49-3)18-28(23)46-15-9-34(10-16-46)7-11-36-12-8-34)42-33-39-20-24(35)32(43-33)41-26-6-5-25-30(38-14-13-37-25)31(26)45(2)50(4,47)48/h5-6,13-14,17-21,36H,7-12,15-16H2,1-4H3,(H2,39,41,42,43). The van der Waals surface area contributed by atoms with E-state index in [2.05, 4.69) is 69.0 Å². The highest BCUT2D eigenvalue weighted by molar-refractivity contribution is 9.10. The first kappa shape index (κ1) is 33.9. The lowest BCUT2D eigenvalue weighted by Gasteiger charge is -2.45. The minimum Gasteiger partial charge on any atom is -0.494 e. The molecule has 3 N–H and O–H groups in total. The molecule has 2 aromatic carbocycles. The fraction of sp³-hybridized carbons (Fsp3) is 0.382. The topological polar surface area (TPSA) is 155 Å². The molecule has 2 saturated heterocycles. The fourth-order valence-electron chi connectivity index (χ4n) is 6.94. The molecule has 2 aliphatic heterocycles. The van der Waals surface area contributed by atoms with Gasteiger partial charge in [0.05, 0.1) is 40.9 Å². The summed E-state index contributed by atoms with van der Waals surface area (Å²) in [6.45, 7) is 4.15. The summed E-state index contributed by atoms with van der Waals surface area (Å²) in [5, 5.41) is 14.7. The maximum atomic E-state index is 12.7. The number of sulfonamides is 1. The van der Waals surface area contributed by atoms with Crippen LogP contribution < -0.4 is 29.9 Å². The Kier molecular flexibility index (Phi) is 9.26. The number of rotatable bonds is 9. The SMILES string of the molecule is COc1cc(N2CCC3(CCNCC3)CC2)c(-c2cnn(C)c2)cc1Nc1ncc(Br)c(Nc2ccc3nccnc3c2N(C)S(C)(=O)=O)n1. The molecule has 50 heavy (non-hydrogen) atoms. The lowest BCUT2D eigenvalue weighted by atomic mass is 9.71. The van der Waals surface area contributed by atoms with Crippen LogP contribution in [0.5, 0.6) is 5.75 Å². The number of ether oxygens (including phenoxy) is 1. The molecule has 0 radical (unpaired) electrons. The molecule has 0 unspecified atom stereocenters. The van der Waals surface area contributed by atoms with Gasteiger partial charge in [0.15, 0.2) is 0 Å². The largest absolute Gasteiger partial charge is 0.494 e. The van der Waals surface area contributed by atoms with Gasteiger partial charge in [0.1, 0.15) is 22.8 Å². The van der Waals surface area contributed by atoms with Gasteiger partial charge in [0.2, 0.25) is 16.0 Å². The van der Waals surface area contributed by atoms with Crippen LogP contribution in [0.25, 0.3) is 22.2 Å². The van der Waals surface area contributed by atoms with Crippen LogP contribution in [0.1, 0.15) is 25.7 Å². The van der Waals surface area contributed by atoms with Crippen LogP contribution in [0.2, 0.25) is 0 Å². The van der Waals surface area contributed by atoms with Crippen molar-refractivity contribution in [1.29, 1.82) is 0 Å². The summed E-state index contributed by atoms with van der Waals surface area (Å²) < 4.78 is 34.9. The molecule has 14 nitrogen and oxygen atoms in total. The molecule has 2 aliphatic rings. The first-order chi connectivity index (χ1) is 24.0. The second-order valence-electron chi connectivity index (χ2n) is 13.0. The van der Waals surface area contributed by atoms with E-state index in [1.165, 1.54) is 30.4 Å². The molecular formula is C34H40BrN11O3S. The Bertz CT molecular complexity index is 2140. The summed E-state index contributed by atoms with van der Waals surface area (Å²) in [4.78, 5) is 20.6. The van der Waals surface area contributed by atoms with Crippen molar-refractivity contribution >= 4 is 71.5 Å². The molecule has 2 fully saturated rings. The monoisotopic (exact) mass is 761 g/mol. The van der Waals surface area contributed by atoms with E-state index < -0.39 is 10.0 Å². The summed E-state index contributed by atoms with van der Waals surface area (Å²) in [7, 11) is 1.43. The van der Waals surface area contributed by atoms with E-state index in [4.69, 9.17) is 9.72 Å². The predicted molar refractivity (Wildman–Crippen MR) is 200 cm³/mol. The molecule has 1 spiro atoms. The van der Waals surface area contributed by atoms with Gasteiger partial charge in [-0.3, -0.25) is 19.0 Å². The normalized spacial score (nSPS) is 16.1. The van der Waals surface area contributed by atoms with Crippen LogP contribution in [-0.4, -0.2) is 84.7 Å². The van der Waals surface area contributed by atoms with Crippen LogP contribution in [0.3, 0.4) is 0 Å². The van der Waals surface area contributed by atoms with E-state index in [0.717, 1.165) is 62.1 Å². The minimum absolute atomic E-state index is 0.309. The van der Waals surface area contributed by atoms with E-state index in [1.54, 1.807) is 36.3 Å². The lowest BCUT2D eigenvalue weighted by Crippen LogP contribution is -2.45. The third-order valence-electron chi connectivity index (χ3n) is 9.83. The van der Waals surface area contributed by atoms with Gasteiger partial charge in [-0.2, -0.15) is 10.1 Å². The molecule has 5 heterocycles. The maximum Gasteiger partial charge on any atom is 0.232 e. The number of fused-ring (bicyclic) bond motifs is 1. The Morgan fingerprint density at radius 1 is 1.00 bits per heavy atom. The number of nitrogens with one attached hydrogen (secondary N) is 3. The highest BCUT2D eigenvalue weighted by Gasteiger charge is 2.36. The Morgan fingerprint density at radius 3 is 2.46 bits per heavy atom. The van der Waals surface area contributed by atoms with Crippen molar-refractivity contribution in [2.24, 2.45) is 12.5 Å². The highest BCUT2D eigenvalue weighted by Crippen LogP contribution is 2.45. The molecule has 0 bridgehead atoms. The molecule has 0 saturated carbocycles. The third kappa shape index (κ3) is 6.79. The second-order valence-corrected chi connectivity index (χ2v) is 15.8. The van der Waals surface area contributed by atoms with Gasteiger partial charge in [-0.1, -0.05) is 0 Å². The summed E-state index contributed by atoms with van der Waals surface area (Å²) in [6.07, 6.45) is 14.6. The van der Waals surface area contributed by atoms with E-state index >= 15 is 0 Å². The molecule has 3 aromatic heterocycles. The smallest absolute Gasteiger partial charge is 0.232 e. The van der Waals surface area contributed by atoms with Crippen LogP contribution in [0.15, 0.2) is 59.7 Å². The van der Waals surface area contributed by atoms with Gasteiger partial charge in [-0.15, -0.1) is 0 Å². The number of benzene rings is 2. The summed E-state index contributed by atoms with van der Waals surface area (Å²) in [5.41, 5.74) is 6.06. The van der Waals surface area contributed by atoms with Gasteiger partial charge >= 0.3 is 0 Å². The molecule has 16 heteroatoms. The van der Waals surface area contributed by atoms with Gasteiger partial charge in [-0.25, -0.2) is 13.4 Å². The van der Waals surface area contributed by atoms with Crippen LogP contribution in [0.4, 0.5) is 34.5 Å². The summed E-state index contributed by atoms with van der Waals surface area (Å²) in [5.74, 6) is 1.38. The van der Waals surface area contributed by atoms with Gasteiger partial charge < -0.3 is 25.6 Å². The number of halogens is 1. The van der Waals surface area contributed by atoms with E-state index in [1.807, 2.05) is 19.4 Å². The van der Waals surface area contributed by atoms with Crippen LogP contribution in [0, 0.1) is 5.41 Å².